The molecule has 0 fully saturated rings. The van der Waals surface area contributed by atoms with Crippen molar-refractivity contribution in [3.8, 4) is 5.75 Å². The Balaban J connectivity index is 2.36. The number of methoxy groups -OCH3 is 1. The lowest BCUT2D eigenvalue weighted by Gasteiger charge is -2.11. The lowest BCUT2D eigenvalue weighted by atomic mass is 10.2. The molecule has 1 rings (SSSR count). The predicted molar refractivity (Wildman–Crippen MR) is 76.9 cm³/mol. The van der Waals surface area contributed by atoms with Crippen LogP contribution in [0.1, 0.15) is 17.3 Å². The molecule has 0 aliphatic carbocycles. The van der Waals surface area contributed by atoms with Crippen molar-refractivity contribution in [3.05, 3.63) is 29.8 Å². The number of hydrogen-bond donors (Lipinski definition) is 3. The zero-order valence-electron chi connectivity index (χ0n) is 12.0. The summed E-state index contributed by atoms with van der Waals surface area (Å²) in [6.07, 6.45) is 0. The van der Waals surface area contributed by atoms with E-state index in [4.69, 9.17) is 4.74 Å². The Hall–Kier alpha value is -2.08. The molecule has 20 heavy (non-hydrogen) atoms. The third-order valence-electron chi connectivity index (χ3n) is 2.86. The van der Waals surface area contributed by atoms with E-state index >= 15 is 0 Å². The summed E-state index contributed by atoms with van der Waals surface area (Å²) in [7, 11) is 3.38. The summed E-state index contributed by atoms with van der Waals surface area (Å²) in [5, 5.41) is 8.30. The van der Waals surface area contributed by atoms with Crippen LogP contribution >= 0.6 is 0 Å². The number of rotatable bonds is 7. The second-order valence-corrected chi connectivity index (χ2v) is 4.40. The van der Waals surface area contributed by atoms with E-state index in [-0.39, 0.29) is 24.4 Å². The molecule has 6 heteroatoms. The lowest BCUT2D eigenvalue weighted by Crippen LogP contribution is -2.42. The van der Waals surface area contributed by atoms with Gasteiger partial charge in [0.25, 0.3) is 5.91 Å². The number of carbonyl (C=O) groups is 2. The zero-order chi connectivity index (χ0) is 15.0. The van der Waals surface area contributed by atoms with Crippen LogP contribution in [0.3, 0.4) is 0 Å². The van der Waals surface area contributed by atoms with E-state index < -0.39 is 0 Å². The van der Waals surface area contributed by atoms with Crippen molar-refractivity contribution in [3.63, 3.8) is 0 Å². The number of nitrogens with one attached hydrogen (secondary N) is 3. The van der Waals surface area contributed by atoms with Crippen LogP contribution in [-0.2, 0) is 4.79 Å². The molecule has 6 nitrogen and oxygen atoms in total. The van der Waals surface area contributed by atoms with Crippen LogP contribution in [-0.4, -0.2) is 45.1 Å². The van der Waals surface area contributed by atoms with Gasteiger partial charge in [-0.15, -0.1) is 0 Å². The van der Waals surface area contributed by atoms with Crippen molar-refractivity contribution in [1.82, 2.24) is 16.0 Å². The first kappa shape index (κ1) is 16.0. The summed E-state index contributed by atoms with van der Waals surface area (Å²) in [5.41, 5.74) is 0.488. The number of amides is 2. The van der Waals surface area contributed by atoms with Gasteiger partial charge in [-0.1, -0.05) is 0 Å². The second kappa shape index (κ2) is 8.16. The number of hydrogen-bond acceptors (Lipinski definition) is 4. The van der Waals surface area contributed by atoms with Gasteiger partial charge in [-0.25, -0.2) is 0 Å². The second-order valence-electron chi connectivity index (χ2n) is 4.40. The molecule has 0 radical (unpaired) electrons. The normalized spacial score (nSPS) is 11.6. The molecular formula is C14H21N3O3. The van der Waals surface area contributed by atoms with Crippen LogP contribution in [0, 0.1) is 0 Å². The zero-order valence-corrected chi connectivity index (χ0v) is 12.0. The quantitative estimate of drug-likeness (QED) is 0.664. The maximum absolute atomic E-state index is 11.8. The molecule has 1 aromatic carbocycles. The van der Waals surface area contributed by atoms with E-state index in [1.165, 1.54) is 0 Å². The first-order valence-corrected chi connectivity index (χ1v) is 6.43. The van der Waals surface area contributed by atoms with Crippen LogP contribution in [0.2, 0.25) is 0 Å². The molecule has 0 aliphatic heterocycles. The fourth-order valence-corrected chi connectivity index (χ4v) is 1.44. The van der Waals surface area contributed by atoms with Crippen molar-refractivity contribution < 1.29 is 14.3 Å². The van der Waals surface area contributed by atoms with Gasteiger partial charge >= 0.3 is 0 Å². The molecule has 0 aromatic heterocycles. The molecule has 1 unspecified atom stereocenters. The molecule has 3 N–H and O–H groups in total. The molecule has 1 atom stereocenters. The summed E-state index contributed by atoms with van der Waals surface area (Å²) in [4.78, 5) is 23.3. The summed E-state index contributed by atoms with van der Waals surface area (Å²) < 4.78 is 5.01. The van der Waals surface area contributed by atoms with E-state index in [0.717, 1.165) is 0 Å². The average Bonchev–Trinajstić information content (AvgIpc) is 2.50. The third kappa shape index (κ3) is 5.27. The molecule has 0 bridgehead atoms. The van der Waals surface area contributed by atoms with Gasteiger partial charge in [-0.3, -0.25) is 9.59 Å². The monoisotopic (exact) mass is 279 g/mol. The highest BCUT2D eigenvalue weighted by Gasteiger charge is 2.08. The highest BCUT2D eigenvalue weighted by molar-refractivity contribution is 5.96. The van der Waals surface area contributed by atoms with E-state index in [0.29, 0.717) is 17.9 Å². The van der Waals surface area contributed by atoms with Crippen LogP contribution in [0.15, 0.2) is 24.3 Å². The van der Waals surface area contributed by atoms with E-state index in [9.17, 15) is 9.59 Å². The van der Waals surface area contributed by atoms with Crippen LogP contribution in [0.5, 0.6) is 5.75 Å². The molecule has 110 valence electrons. The number of likely N-dealkylation sites (N-methyl/N-ethyl adjacent to an activating group) is 1. The lowest BCUT2D eigenvalue weighted by molar-refractivity contribution is -0.120. The van der Waals surface area contributed by atoms with E-state index in [2.05, 4.69) is 16.0 Å². The molecule has 2 amide bonds. The smallest absolute Gasteiger partial charge is 0.251 e. The summed E-state index contributed by atoms with van der Waals surface area (Å²) in [5.74, 6) is 0.179. The first-order chi connectivity index (χ1) is 9.56. The fourth-order valence-electron chi connectivity index (χ4n) is 1.44. The maximum atomic E-state index is 11.8. The van der Waals surface area contributed by atoms with E-state index in [1.54, 1.807) is 31.4 Å². The summed E-state index contributed by atoms with van der Waals surface area (Å²) in [6, 6.07) is 6.88. The molecule has 0 aliphatic rings. The van der Waals surface area contributed by atoms with Crippen molar-refractivity contribution in [1.29, 1.82) is 0 Å². The summed E-state index contributed by atoms with van der Waals surface area (Å²) >= 11 is 0. The number of carbonyl (C=O) groups excluding carboxylic acids is 2. The Bertz CT molecular complexity index is 445. The Labute approximate surface area is 118 Å². The van der Waals surface area contributed by atoms with Crippen LogP contribution < -0.4 is 20.7 Å². The van der Waals surface area contributed by atoms with E-state index in [1.807, 2.05) is 14.0 Å². The number of benzene rings is 1. The van der Waals surface area contributed by atoms with Crippen molar-refractivity contribution in [2.45, 2.75) is 13.0 Å². The molecular weight excluding hydrogens is 258 g/mol. The minimum absolute atomic E-state index is 0.0404. The Morgan fingerprint density at radius 2 is 1.85 bits per heavy atom. The van der Waals surface area contributed by atoms with Gasteiger partial charge in [-0.05, 0) is 38.2 Å². The molecule has 0 spiro atoms. The van der Waals surface area contributed by atoms with Gasteiger partial charge < -0.3 is 20.7 Å². The Kier molecular flexibility index (Phi) is 6.52. The van der Waals surface area contributed by atoms with Crippen molar-refractivity contribution in [2.24, 2.45) is 0 Å². The predicted octanol–water partition coefficient (Wildman–Crippen LogP) is 0.149. The topological polar surface area (TPSA) is 79.5 Å². The highest BCUT2D eigenvalue weighted by atomic mass is 16.5. The van der Waals surface area contributed by atoms with Gasteiger partial charge in [0.1, 0.15) is 5.75 Å². The summed E-state index contributed by atoms with van der Waals surface area (Å²) in [6.45, 7) is 2.44. The third-order valence-corrected chi connectivity index (χ3v) is 2.86. The standard InChI is InChI=1S/C14H21N3O3/c1-10(15-2)8-16-13(18)9-17-14(19)11-4-6-12(20-3)7-5-11/h4-7,10,15H,8-9H2,1-3H3,(H,16,18)(H,17,19). The minimum atomic E-state index is -0.288. The van der Waals surface area contributed by atoms with Gasteiger partial charge in [0.05, 0.1) is 13.7 Å². The molecule has 0 saturated heterocycles. The Morgan fingerprint density at radius 1 is 1.20 bits per heavy atom. The van der Waals surface area contributed by atoms with Gasteiger partial charge in [0.2, 0.25) is 5.91 Å². The van der Waals surface area contributed by atoms with Crippen LogP contribution in [0.25, 0.3) is 0 Å². The molecule has 0 heterocycles. The maximum Gasteiger partial charge on any atom is 0.251 e. The molecule has 1 aromatic rings. The van der Waals surface area contributed by atoms with Gasteiger partial charge in [-0.2, -0.15) is 0 Å². The van der Waals surface area contributed by atoms with Crippen LogP contribution in [0.4, 0.5) is 0 Å². The minimum Gasteiger partial charge on any atom is -0.497 e. The van der Waals surface area contributed by atoms with Crippen molar-refractivity contribution in [2.75, 3.05) is 27.2 Å². The Morgan fingerprint density at radius 3 is 2.40 bits per heavy atom. The average molecular weight is 279 g/mol. The highest BCUT2D eigenvalue weighted by Crippen LogP contribution is 2.10. The van der Waals surface area contributed by atoms with Gasteiger partial charge in [0, 0.05) is 18.2 Å². The SMILES string of the molecule is CNC(C)CNC(=O)CNC(=O)c1ccc(OC)cc1. The number of ether oxygens (including phenoxy) is 1. The fraction of sp³-hybridized carbons (Fsp3) is 0.429. The van der Waals surface area contributed by atoms with Gasteiger partial charge in [0.15, 0.2) is 0 Å². The largest absolute Gasteiger partial charge is 0.497 e. The van der Waals surface area contributed by atoms with Crippen molar-refractivity contribution >= 4 is 11.8 Å². The molecule has 0 saturated carbocycles. The first-order valence-electron chi connectivity index (χ1n) is 6.43.